The van der Waals surface area contributed by atoms with E-state index in [4.69, 9.17) is 4.74 Å². The lowest BCUT2D eigenvalue weighted by atomic mass is 9.89. The van der Waals surface area contributed by atoms with Gasteiger partial charge in [-0.05, 0) is 67.8 Å². The van der Waals surface area contributed by atoms with Gasteiger partial charge in [-0.25, -0.2) is 9.18 Å². The third-order valence-corrected chi connectivity index (χ3v) is 7.17. The summed E-state index contributed by atoms with van der Waals surface area (Å²) in [6, 6.07) is 10.6. The minimum Gasteiger partial charge on any atom is -0.495 e. The Kier molecular flexibility index (Phi) is 6.32. The van der Waals surface area contributed by atoms with Crippen molar-refractivity contribution >= 4 is 28.3 Å². The van der Waals surface area contributed by atoms with Gasteiger partial charge in [0.05, 0.1) is 12.8 Å². The number of aromatic nitrogens is 1. The van der Waals surface area contributed by atoms with Crippen LogP contribution in [-0.2, 0) is 0 Å². The Morgan fingerprint density at radius 2 is 1.82 bits per heavy atom. The molecule has 2 aliphatic heterocycles. The molecule has 0 unspecified atom stereocenters. The summed E-state index contributed by atoms with van der Waals surface area (Å²) in [6.45, 7) is 5.18. The number of piperidine rings is 1. The number of methoxy groups -OCH3 is 1. The quantitative estimate of drug-likeness (QED) is 0.597. The van der Waals surface area contributed by atoms with Crippen LogP contribution in [0.5, 0.6) is 5.75 Å². The zero-order valence-electron chi connectivity index (χ0n) is 19.8. The van der Waals surface area contributed by atoms with Crippen molar-refractivity contribution in [2.75, 3.05) is 63.6 Å². The number of likely N-dealkylation sites (tertiary alicyclic amines) is 1. The zero-order chi connectivity index (χ0) is 23.7. The van der Waals surface area contributed by atoms with Crippen LogP contribution in [0.15, 0.2) is 42.6 Å². The number of hydrogen-bond acceptors (Lipinski definition) is 4. The van der Waals surface area contributed by atoms with Crippen LogP contribution < -0.4 is 15.0 Å². The topological polar surface area (TPSA) is 63.8 Å². The van der Waals surface area contributed by atoms with Gasteiger partial charge in [-0.3, -0.25) is 0 Å². The van der Waals surface area contributed by atoms with Gasteiger partial charge in [-0.1, -0.05) is 0 Å². The van der Waals surface area contributed by atoms with Crippen molar-refractivity contribution in [1.29, 1.82) is 0 Å². The normalized spacial score (nSPS) is 17.9. The van der Waals surface area contributed by atoms with Crippen LogP contribution in [0.25, 0.3) is 10.9 Å². The number of carbonyl (C=O) groups is 1. The Labute approximate surface area is 199 Å². The summed E-state index contributed by atoms with van der Waals surface area (Å²) < 4.78 is 19.3. The molecule has 3 aromatic rings. The Balaban J connectivity index is 1.23. The lowest BCUT2D eigenvalue weighted by Gasteiger charge is -2.35. The van der Waals surface area contributed by atoms with E-state index in [9.17, 15) is 9.18 Å². The minimum absolute atomic E-state index is 0.0853. The molecule has 0 spiro atoms. The molecule has 0 saturated carbocycles. The van der Waals surface area contributed by atoms with E-state index in [1.165, 1.54) is 6.07 Å². The summed E-state index contributed by atoms with van der Waals surface area (Å²) in [6.07, 6.45) is 3.69. The first-order valence-corrected chi connectivity index (χ1v) is 12.0. The highest BCUT2D eigenvalue weighted by Crippen LogP contribution is 2.35. The molecule has 2 aromatic carbocycles. The van der Waals surface area contributed by atoms with E-state index in [2.05, 4.69) is 27.1 Å². The molecular formula is C26H32FN5O2. The molecule has 3 heterocycles. The molecule has 180 valence electrons. The van der Waals surface area contributed by atoms with Crippen molar-refractivity contribution < 1.29 is 13.9 Å². The van der Waals surface area contributed by atoms with Gasteiger partial charge in [0.2, 0.25) is 0 Å². The number of piperazine rings is 1. The fourth-order valence-corrected chi connectivity index (χ4v) is 5.11. The molecule has 8 heteroatoms. The van der Waals surface area contributed by atoms with E-state index >= 15 is 0 Å². The Morgan fingerprint density at radius 3 is 2.56 bits per heavy atom. The first-order valence-electron chi connectivity index (χ1n) is 12.0. The number of nitrogens with one attached hydrogen (secondary N) is 2. The summed E-state index contributed by atoms with van der Waals surface area (Å²) in [7, 11) is 3.81. The molecule has 34 heavy (non-hydrogen) atoms. The molecule has 2 aliphatic rings. The second-order valence-electron chi connectivity index (χ2n) is 9.30. The van der Waals surface area contributed by atoms with Crippen LogP contribution in [-0.4, -0.2) is 74.2 Å². The maximum Gasteiger partial charge on any atom is 0.321 e. The van der Waals surface area contributed by atoms with Crippen LogP contribution >= 0.6 is 0 Å². The number of likely N-dealkylation sites (N-methyl/N-ethyl adjacent to an activating group) is 1. The van der Waals surface area contributed by atoms with Crippen molar-refractivity contribution in [3.8, 4) is 5.75 Å². The van der Waals surface area contributed by atoms with E-state index in [0.717, 1.165) is 72.6 Å². The largest absolute Gasteiger partial charge is 0.495 e. The lowest BCUT2D eigenvalue weighted by Crippen LogP contribution is -2.44. The van der Waals surface area contributed by atoms with Gasteiger partial charge in [-0.15, -0.1) is 0 Å². The number of rotatable bonds is 4. The summed E-state index contributed by atoms with van der Waals surface area (Å²) in [5, 5.41) is 4.02. The molecule has 2 amide bonds. The molecule has 2 fully saturated rings. The maximum atomic E-state index is 13.8. The molecule has 7 nitrogen and oxygen atoms in total. The van der Waals surface area contributed by atoms with E-state index in [1.54, 1.807) is 19.2 Å². The van der Waals surface area contributed by atoms with Gasteiger partial charge >= 0.3 is 6.03 Å². The highest BCUT2D eigenvalue weighted by molar-refractivity contribution is 5.90. The maximum absolute atomic E-state index is 13.8. The summed E-state index contributed by atoms with van der Waals surface area (Å²) in [4.78, 5) is 22.7. The molecule has 2 N–H and O–H groups in total. The number of hydrogen-bond donors (Lipinski definition) is 2. The standard InChI is InChI=1S/C26H32FN5O2/c1-30-11-13-31(14-12-30)24-16-20(4-6-25(24)34-2)29-26(33)32-9-7-18(8-10-32)22-17-28-23-5-3-19(27)15-21(22)23/h3-6,15-18,28H,7-14H2,1-2H3,(H,29,33). The van der Waals surface area contributed by atoms with E-state index < -0.39 is 0 Å². The smallest absolute Gasteiger partial charge is 0.321 e. The predicted molar refractivity (Wildman–Crippen MR) is 134 cm³/mol. The number of amides is 2. The molecule has 0 aliphatic carbocycles. The molecule has 0 radical (unpaired) electrons. The van der Waals surface area contributed by atoms with Crippen LogP contribution in [0.3, 0.4) is 0 Å². The van der Waals surface area contributed by atoms with Crippen LogP contribution in [0.2, 0.25) is 0 Å². The van der Waals surface area contributed by atoms with Gasteiger partial charge in [0.1, 0.15) is 11.6 Å². The number of benzene rings is 2. The van der Waals surface area contributed by atoms with Gasteiger partial charge < -0.3 is 29.7 Å². The van der Waals surface area contributed by atoms with Gasteiger partial charge in [0.25, 0.3) is 0 Å². The monoisotopic (exact) mass is 465 g/mol. The number of carbonyl (C=O) groups excluding carboxylic acids is 1. The number of urea groups is 1. The fraction of sp³-hybridized carbons (Fsp3) is 0.423. The number of nitrogens with zero attached hydrogens (tertiary/aromatic N) is 3. The fourth-order valence-electron chi connectivity index (χ4n) is 5.11. The number of ether oxygens (including phenoxy) is 1. The average Bonchev–Trinajstić information content (AvgIpc) is 3.27. The molecular weight excluding hydrogens is 433 g/mol. The third-order valence-electron chi connectivity index (χ3n) is 7.17. The van der Waals surface area contributed by atoms with Gasteiger partial charge in [0.15, 0.2) is 0 Å². The Hall–Kier alpha value is -3.26. The van der Waals surface area contributed by atoms with E-state index in [1.807, 2.05) is 29.3 Å². The Morgan fingerprint density at radius 1 is 1.06 bits per heavy atom. The summed E-state index contributed by atoms with van der Waals surface area (Å²) in [5.41, 5.74) is 3.88. The van der Waals surface area contributed by atoms with Crippen molar-refractivity contribution in [3.05, 3.63) is 54.0 Å². The number of H-pyrrole nitrogens is 1. The Bertz CT molecular complexity index is 1160. The molecule has 0 bridgehead atoms. The number of fused-ring (bicyclic) bond motifs is 1. The van der Waals surface area contributed by atoms with Gasteiger partial charge in [0, 0.05) is 62.1 Å². The molecule has 1 aromatic heterocycles. The lowest BCUT2D eigenvalue weighted by molar-refractivity contribution is 0.195. The average molecular weight is 466 g/mol. The highest BCUT2D eigenvalue weighted by atomic mass is 19.1. The van der Waals surface area contributed by atoms with Crippen molar-refractivity contribution in [3.63, 3.8) is 0 Å². The molecule has 5 rings (SSSR count). The van der Waals surface area contributed by atoms with Crippen molar-refractivity contribution in [2.24, 2.45) is 0 Å². The SMILES string of the molecule is COc1ccc(NC(=O)N2CCC(c3c[nH]c4ccc(F)cc34)CC2)cc1N1CCN(C)CC1. The van der Waals surface area contributed by atoms with Gasteiger partial charge in [-0.2, -0.15) is 0 Å². The zero-order valence-corrected chi connectivity index (χ0v) is 19.8. The predicted octanol–water partition coefficient (Wildman–Crippen LogP) is 4.48. The molecule has 2 saturated heterocycles. The first kappa shape index (κ1) is 22.5. The van der Waals surface area contributed by atoms with Crippen LogP contribution in [0, 0.1) is 5.82 Å². The number of aromatic amines is 1. The van der Waals surface area contributed by atoms with Crippen LogP contribution in [0.4, 0.5) is 20.6 Å². The summed E-state index contributed by atoms with van der Waals surface area (Å²) in [5.74, 6) is 0.906. The van der Waals surface area contributed by atoms with Crippen molar-refractivity contribution in [1.82, 2.24) is 14.8 Å². The minimum atomic E-state index is -0.222. The van der Waals surface area contributed by atoms with Crippen molar-refractivity contribution in [2.45, 2.75) is 18.8 Å². The summed E-state index contributed by atoms with van der Waals surface area (Å²) >= 11 is 0. The highest BCUT2D eigenvalue weighted by Gasteiger charge is 2.26. The number of anilines is 2. The second-order valence-corrected chi connectivity index (χ2v) is 9.30. The van der Waals surface area contributed by atoms with Crippen LogP contribution in [0.1, 0.15) is 24.3 Å². The van der Waals surface area contributed by atoms with E-state index in [-0.39, 0.29) is 11.8 Å². The molecule has 0 atom stereocenters. The first-order chi connectivity index (χ1) is 16.5. The third kappa shape index (κ3) is 4.55. The van der Waals surface area contributed by atoms with E-state index in [0.29, 0.717) is 19.0 Å². The number of halogens is 1. The second kappa shape index (κ2) is 9.54.